The van der Waals surface area contributed by atoms with Gasteiger partial charge >= 0.3 is 0 Å². The first-order valence-corrected chi connectivity index (χ1v) is 5.91. The number of piperidine rings is 3. The van der Waals surface area contributed by atoms with Gasteiger partial charge in [0.25, 0.3) is 0 Å². The van der Waals surface area contributed by atoms with Gasteiger partial charge < -0.3 is 9.80 Å². The number of amidine groups is 1. The van der Waals surface area contributed by atoms with Crippen molar-refractivity contribution in [2.24, 2.45) is 5.92 Å². The summed E-state index contributed by atoms with van der Waals surface area (Å²) in [6.45, 7) is 4.99. The molecule has 3 heteroatoms. The molecule has 1 unspecified atom stereocenters. The highest BCUT2D eigenvalue weighted by Crippen LogP contribution is 2.32. The van der Waals surface area contributed by atoms with Crippen molar-refractivity contribution in [2.75, 3.05) is 26.2 Å². The minimum atomic E-state index is 0.687. The topological polar surface area (TPSA) is 30.3 Å². The second-order valence-corrected chi connectivity index (χ2v) is 4.95. The third-order valence-electron chi connectivity index (χ3n) is 4.18. The van der Waals surface area contributed by atoms with E-state index in [1.807, 2.05) is 0 Å². The quantitative estimate of drug-likeness (QED) is 0.677. The maximum absolute atomic E-state index is 7.93. The number of fused-ring (bicyclic) bond motifs is 3. The monoisotopic (exact) mass is 193 g/mol. The van der Waals surface area contributed by atoms with Crippen LogP contribution in [0, 0.1) is 11.3 Å². The van der Waals surface area contributed by atoms with E-state index in [0.29, 0.717) is 6.04 Å². The Labute approximate surface area is 85.6 Å². The summed E-state index contributed by atoms with van der Waals surface area (Å²) in [4.78, 5) is 4.96. The molecule has 4 saturated heterocycles. The Bertz CT molecular complexity index is 243. The Morgan fingerprint density at radius 3 is 2.43 bits per heavy atom. The minimum absolute atomic E-state index is 0.687. The van der Waals surface area contributed by atoms with Gasteiger partial charge in [0, 0.05) is 25.6 Å². The van der Waals surface area contributed by atoms with Crippen molar-refractivity contribution >= 4 is 5.84 Å². The Morgan fingerprint density at radius 1 is 1.14 bits per heavy atom. The van der Waals surface area contributed by atoms with Crippen molar-refractivity contribution < 1.29 is 0 Å². The van der Waals surface area contributed by atoms with E-state index in [-0.39, 0.29) is 0 Å². The Morgan fingerprint density at radius 2 is 1.93 bits per heavy atom. The Balaban J connectivity index is 1.75. The number of nitrogens with one attached hydrogen (secondary N) is 1. The first-order valence-electron chi connectivity index (χ1n) is 5.91. The number of hydrogen-bond donors (Lipinski definition) is 1. The van der Waals surface area contributed by atoms with E-state index in [1.54, 1.807) is 0 Å². The van der Waals surface area contributed by atoms with E-state index in [1.165, 1.54) is 38.9 Å². The van der Waals surface area contributed by atoms with Gasteiger partial charge in [-0.1, -0.05) is 0 Å². The molecular formula is C11H19N3. The van der Waals surface area contributed by atoms with E-state index in [9.17, 15) is 0 Å². The summed E-state index contributed by atoms with van der Waals surface area (Å²) in [7, 11) is 0. The molecule has 0 aliphatic carbocycles. The molecule has 0 aromatic carbocycles. The highest BCUT2D eigenvalue weighted by Gasteiger charge is 2.39. The molecule has 1 atom stereocenters. The molecule has 0 saturated carbocycles. The standard InChI is InChI=1S/C11H19N3/c12-11-2-1-5-14(11)10-8-13-6-3-9(10)4-7-13/h9-10,12H,1-8H2. The summed E-state index contributed by atoms with van der Waals surface area (Å²) >= 11 is 0. The molecule has 0 aromatic rings. The van der Waals surface area contributed by atoms with Crippen LogP contribution in [0.25, 0.3) is 0 Å². The fraction of sp³-hybridized carbons (Fsp3) is 0.909. The molecule has 0 spiro atoms. The molecule has 0 aromatic heterocycles. The molecule has 1 N–H and O–H groups in total. The average Bonchev–Trinajstić information content (AvgIpc) is 2.66. The number of hydrogen-bond acceptors (Lipinski definition) is 2. The van der Waals surface area contributed by atoms with E-state index < -0.39 is 0 Å². The zero-order valence-electron chi connectivity index (χ0n) is 8.71. The molecule has 14 heavy (non-hydrogen) atoms. The highest BCUT2D eigenvalue weighted by molar-refractivity contribution is 5.81. The molecule has 3 nitrogen and oxygen atoms in total. The Hall–Kier alpha value is -0.570. The van der Waals surface area contributed by atoms with E-state index in [2.05, 4.69) is 9.80 Å². The molecule has 2 bridgehead atoms. The summed E-state index contributed by atoms with van der Waals surface area (Å²) in [5, 5.41) is 7.93. The smallest absolute Gasteiger partial charge is 0.0961 e. The molecular weight excluding hydrogens is 174 g/mol. The lowest BCUT2D eigenvalue weighted by atomic mass is 9.83. The van der Waals surface area contributed by atoms with Gasteiger partial charge in [0.1, 0.15) is 0 Å². The summed E-state index contributed by atoms with van der Waals surface area (Å²) in [6.07, 6.45) is 4.97. The van der Waals surface area contributed by atoms with Gasteiger partial charge in [-0.25, -0.2) is 0 Å². The lowest BCUT2D eigenvalue weighted by Crippen LogP contribution is -2.57. The average molecular weight is 193 g/mol. The number of rotatable bonds is 1. The predicted octanol–water partition coefficient (Wildman–Crippen LogP) is 1.15. The number of nitrogens with zero attached hydrogens (tertiary/aromatic N) is 2. The summed E-state index contributed by atoms with van der Waals surface area (Å²) in [6, 6.07) is 0.687. The van der Waals surface area contributed by atoms with Crippen LogP contribution in [0.2, 0.25) is 0 Å². The molecule has 78 valence electrons. The maximum Gasteiger partial charge on any atom is 0.0961 e. The van der Waals surface area contributed by atoms with Crippen molar-refractivity contribution in [3.63, 3.8) is 0 Å². The molecule has 4 aliphatic rings. The molecule has 4 rings (SSSR count). The molecule has 0 amide bonds. The van der Waals surface area contributed by atoms with Crippen LogP contribution in [0.3, 0.4) is 0 Å². The molecule has 0 radical (unpaired) electrons. The van der Waals surface area contributed by atoms with Crippen LogP contribution in [0.4, 0.5) is 0 Å². The highest BCUT2D eigenvalue weighted by atomic mass is 15.3. The molecule has 4 heterocycles. The van der Waals surface area contributed by atoms with Crippen molar-refractivity contribution in [3.05, 3.63) is 0 Å². The van der Waals surface area contributed by atoms with E-state index >= 15 is 0 Å². The zero-order chi connectivity index (χ0) is 9.54. The second kappa shape index (κ2) is 3.23. The van der Waals surface area contributed by atoms with E-state index in [4.69, 9.17) is 5.41 Å². The van der Waals surface area contributed by atoms with Gasteiger partial charge in [-0.15, -0.1) is 0 Å². The second-order valence-electron chi connectivity index (χ2n) is 4.95. The lowest BCUT2D eigenvalue weighted by Gasteiger charge is -2.48. The van der Waals surface area contributed by atoms with E-state index in [0.717, 1.165) is 24.7 Å². The van der Waals surface area contributed by atoms with Gasteiger partial charge in [0.05, 0.1) is 5.84 Å². The molecule has 4 aliphatic heterocycles. The molecule has 4 fully saturated rings. The first kappa shape index (κ1) is 8.72. The predicted molar refractivity (Wildman–Crippen MR) is 56.6 cm³/mol. The largest absolute Gasteiger partial charge is 0.356 e. The number of likely N-dealkylation sites (tertiary alicyclic amines) is 1. The summed E-state index contributed by atoms with van der Waals surface area (Å²) < 4.78 is 0. The SMILES string of the molecule is N=C1CCCN1C1CN2CCC1CC2. The van der Waals surface area contributed by atoms with Crippen LogP contribution in [0.1, 0.15) is 25.7 Å². The van der Waals surface area contributed by atoms with Crippen molar-refractivity contribution in [1.82, 2.24) is 9.80 Å². The van der Waals surface area contributed by atoms with Gasteiger partial charge in [-0.2, -0.15) is 0 Å². The van der Waals surface area contributed by atoms with Crippen LogP contribution < -0.4 is 0 Å². The van der Waals surface area contributed by atoms with Crippen LogP contribution >= 0.6 is 0 Å². The fourth-order valence-corrected chi connectivity index (χ4v) is 3.35. The zero-order valence-corrected chi connectivity index (χ0v) is 8.71. The lowest BCUT2D eigenvalue weighted by molar-refractivity contribution is 0.0373. The van der Waals surface area contributed by atoms with Gasteiger partial charge in [-0.3, -0.25) is 5.41 Å². The van der Waals surface area contributed by atoms with Crippen LogP contribution in [-0.2, 0) is 0 Å². The fourth-order valence-electron chi connectivity index (χ4n) is 3.35. The Kier molecular flexibility index (Phi) is 2.01. The third kappa shape index (κ3) is 1.26. The summed E-state index contributed by atoms with van der Waals surface area (Å²) in [5.74, 6) is 1.79. The third-order valence-corrected chi connectivity index (χ3v) is 4.18. The van der Waals surface area contributed by atoms with Gasteiger partial charge in [0.2, 0.25) is 0 Å². The minimum Gasteiger partial charge on any atom is -0.356 e. The van der Waals surface area contributed by atoms with Crippen LogP contribution in [0.15, 0.2) is 0 Å². The van der Waals surface area contributed by atoms with Crippen molar-refractivity contribution in [1.29, 1.82) is 5.41 Å². The normalized spacial score (nSPS) is 42.1. The van der Waals surface area contributed by atoms with Gasteiger partial charge in [0.15, 0.2) is 0 Å². The van der Waals surface area contributed by atoms with Crippen molar-refractivity contribution in [2.45, 2.75) is 31.7 Å². The van der Waals surface area contributed by atoms with Crippen LogP contribution in [0.5, 0.6) is 0 Å². The summed E-state index contributed by atoms with van der Waals surface area (Å²) in [5.41, 5.74) is 0. The first-order chi connectivity index (χ1) is 6.84. The van der Waals surface area contributed by atoms with Crippen molar-refractivity contribution in [3.8, 4) is 0 Å². The maximum atomic E-state index is 7.93. The van der Waals surface area contributed by atoms with Gasteiger partial charge in [-0.05, 0) is 38.3 Å². The van der Waals surface area contributed by atoms with Crippen LogP contribution in [-0.4, -0.2) is 47.9 Å².